The third-order valence-electron chi connectivity index (χ3n) is 5.00. The number of β-lactam (4-membered cyclic amide) rings is 1. The summed E-state index contributed by atoms with van der Waals surface area (Å²) in [5, 5.41) is 12.4. The molecule has 1 N–H and O–H groups in total. The first kappa shape index (κ1) is 24.8. The Morgan fingerprint density at radius 2 is 1.82 bits per heavy atom. The van der Waals surface area contributed by atoms with Gasteiger partial charge in [0.2, 0.25) is 11.8 Å². The molecule has 3 heterocycles. The highest BCUT2D eigenvalue weighted by Crippen LogP contribution is 2.33. The molecule has 0 aliphatic carbocycles. The number of hydrogen-bond acceptors (Lipinski definition) is 8. The summed E-state index contributed by atoms with van der Waals surface area (Å²) in [6, 6.07) is 11.6. The van der Waals surface area contributed by atoms with Crippen molar-refractivity contribution in [3.8, 4) is 11.5 Å². The highest BCUT2D eigenvalue weighted by Gasteiger charge is 2.51. The Morgan fingerprint density at radius 1 is 1.24 bits per heavy atom. The second-order valence-electron chi connectivity index (χ2n) is 7.69. The van der Waals surface area contributed by atoms with Crippen LogP contribution in [0.3, 0.4) is 0 Å². The number of nitro benzene ring substituents is 1. The quantitative estimate of drug-likeness (QED) is 0.131. The minimum Gasteiger partial charge on any atom is -0.459 e. The molecule has 2 aromatic carbocycles. The van der Waals surface area contributed by atoms with Gasteiger partial charge in [0.1, 0.15) is 29.5 Å². The molecule has 3 aliphatic rings. The number of ether oxygens (including phenoxy) is 2. The number of benzene rings is 2. The van der Waals surface area contributed by atoms with Crippen LogP contribution in [0, 0.1) is 10.1 Å². The van der Waals surface area contributed by atoms with Gasteiger partial charge in [0.15, 0.2) is 6.04 Å². The minimum absolute atomic E-state index is 0.0713. The van der Waals surface area contributed by atoms with Crippen LogP contribution in [0.1, 0.15) is 19.4 Å². The Kier molecular flexibility index (Phi) is 7.57. The number of fused-ring (bicyclic) bond motifs is 2. The third-order valence-corrected chi connectivity index (χ3v) is 5.55. The first-order chi connectivity index (χ1) is 16.1. The second kappa shape index (κ2) is 10.4. The topological polar surface area (TPSA) is 128 Å². The Labute approximate surface area is 201 Å². The summed E-state index contributed by atoms with van der Waals surface area (Å²) < 4.78 is 10.2. The zero-order valence-electron chi connectivity index (χ0n) is 18.5. The summed E-state index contributed by atoms with van der Waals surface area (Å²) in [6.07, 6.45) is 0. The summed E-state index contributed by atoms with van der Waals surface area (Å²) in [5.74, 6) is 0.440. The van der Waals surface area contributed by atoms with Gasteiger partial charge in [-0.15, -0.1) is 0 Å². The number of amides is 2. The fourth-order valence-electron chi connectivity index (χ4n) is 3.31. The van der Waals surface area contributed by atoms with Crippen molar-refractivity contribution in [1.29, 1.82) is 0 Å². The molecule has 1 saturated heterocycles. The van der Waals surface area contributed by atoms with Gasteiger partial charge in [-0.2, -0.15) is 12.6 Å². The Hall–Kier alpha value is -3.86. The summed E-state index contributed by atoms with van der Waals surface area (Å²) in [5.41, 5.74) is 0.873. The lowest BCUT2D eigenvalue weighted by Crippen LogP contribution is -2.72. The number of rotatable bonds is 7. The normalized spacial score (nSPS) is 18.1. The number of thiol groups is 1. The van der Waals surface area contributed by atoms with E-state index in [9.17, 15) is 24.5 Å². The molecule has 3 aliphatic heterocycles. The molecule has 0 aromatic heterocycles. The van der Waals surface area contributed by atoms with Crippen molar-refractivity contribution in [2.24, 2.45) is 0 Å². The Bertz CT molecular complexity index is 1110. The average Bonchev–Trinajstić information content (AvgIpc) is 2.79. The largest absolute Gasteiger partial charge is 0.459 e. The van der Waals surface area contributed by atoms with Gasteiger partial charge in [-0.3, -0.25) is 19.7 Å². The number of carbonyl (C=O) groups excluding carboxylic acids is 3. The molecule has 2 amide bonds. The number of likely N-dealkylation sites (tertiary alicyclic amines) is 1. The predicted octanol–water partition coefficient (Wildman–Crippen LogP) is 2.98. The SMILES string of the molecule is C=C(C)C(C(=O)OCc1ccc([N+](=O)[O-])cc1)N1C(=O)C(NC(C)=O)C1S.c1cc2cc(c1)O2. The number of nitrogens with one attached hydrogen (secondary N) is 1. The predicted molar refractivity (Wildman–Crippen MR) is 125 cm³/mol. The molecule has 34 heavy (non-hydrogen) atoms. The van der Waals surface area contributed by atoms with Crippen molar-refractivity contribution in [1.82, 2.24) is 10.2 Å². The van der Waals surface area contributed by atoms with E-state index in [1.807, 2.05) is 24.3 Å². The first-order valence-corrected chi connectivity index (χ1v) is 10.7. The first-order valence-electron chi connectivity index (χ1n) is 10.2. The van der Waals surface area contributed by atoms with Crippen LogP contribution in [0.2, 0.25) is 0 Å². The van der Waals surface area contributed by atoms with Gasteiger partial charge >= 0.3 is 5.97 Å². The molecule has 0 saturated carbocycles. The van der Waals surface area contributed by atoms with Gasteiger partial charge in [-0.05, 0) is 42.3 Å². The Balaban J connectivity index is 0.000000387. The summed E-state index contributed by atoms with van der Waals surface area (Å²) in [4.78, 5) is 47.2. The number of nitrogens with zero attached hydrogens (tertiary/aromatic N) is 2. The summed E-state index contributed by atoms with van der Waals surface area (Å²) >= 11 is 4.28. The van der Waals surface area contributed by atoms with E-state index < -0.39 is 34.3 Å². The molecular formula is C23H23N3O7S. The van der Waals surface area contributed by atoms with E-state index in [1.54, 1.807) is 6.92 Å². The van der Waals surface area contributed by atoms with Gasteiger partial charge < -0.3 is 19.7 Å². The summed E-state index contributed by atoms with van der Waals surface area (Å²) in [6.45, 7) is 6.48. The highest BCUT2D eigenvalue weighted by molar-refractivity contribution is 7.81. The number of nitro groups is 1. The Morgan fingerprint density at radius 3 is 2.21 bits per heavy atom. The number of non-ortho nitro benzene ring substituents is 1. The average molecular weight is 486 g/mol. The van der Waals surface area contributed by atoms with E-state index in [0.717, 1.165) is 11.5 Å². The van der Waals surface area contributed by atoms with Gasteiger partial charge in [0, 0.05) is 25.1 Å². The zero-order chi connectivity index (χ0) is 25.0. The maximum atomic E-state index is 12.5. The standard InChI is InChI=1S/C17H19N3O6S.C6H4O/c1-9(2)14(19-15(22)13(16(19)27)18-10(3)21)17(23)26-8-11-4-6-12(7-5-11)20(24)25;1-2-5-4-6(3-1)7-5/h4-7,13-14,16,27H,1,8H2,2-3H3,(H,18,21);1-4H. The molecule has 3 unspecified atom stereocenters. The molecule has 1 fully saturated rings. The maximum absolute atomic E-state index is 12.5. The van der Waals surface area contributed by atoms with E-state index in [-0.39, 0.29) is 18.2 Å². The molecule has 11 heteroatoms. The third kappa shape index (κ3) is 5.54. The molecule has 2 aromatic rings. The van der Waals surface area contributed by atoms with Crippen LogP contribution in [-0.2, 0) is 25.7 Å². The molecule has 0 spiro atoms. The van der Waals surface area contributed by atoms with Crippen molar-refractivity contribution >= 4 is 36.1 Å². The zero-order valence-corrected chi connectivity index (χ0v) is 19.4. The number of carbonyl (C=O) groups is 3. The minimum atomic E-state index is -1.04. The molecule has 5 rings (SSSR count). The van der Waals surface area contributed by atoms with Gasteiger partial charge in [0.25, 0.3) is 5.69 Å². The van der Waals surface area contributed by atoms with Crippen LogP contribution in [-0.4, -0.2) is 45.1 Å². The lowest BCUT2D eigenvalue weighted by atomic mass is 9.99. The molecule has 3 atom stereocenters. The van der Waals surface area contributed by atoms with Crippen molar-refractivity contribution < 1.29 is 28.8 Å². The second-order valence-corrected chi connectivity index (χ2v) is 8.22. The lowest BCUT2D eigenvalue weighted by molar-refractivity contribution is -0.384. The van der Waals surface area contributed by atoms with Crippen LogP contribution in [0.4, 0.5) is 5.69 Å². The van der Waals surface area contributed by atoms with Crippen molar-refractivity contribution in [2.45, 2.75) is 37.9 Å². The molecular weight excluding hydrogens is 462 g/mol. The van der Waals surface area contributed by atoms with E-state index in [1.165, 1.54) is 36.1 Å². The van der Waals surface area contributed by atoms with Crippen LogP contribution in [0.25, 0.3) is 0 Å². The van der Waals surface area contributed by atoms with Gasteiger partial charge in [-0.1, -0.05) is 12.6 Å². The smallest absolute Gasteiger partial charge is 0.333 e. The van der Waals surface area contributed by atoms with Crippen molar-refractivity contribution in [3.05, 3.63) is 76.4 Å². The summed E-state index contributed by atoms with van der Waals surface area (Å²) in [7, 11) is 0. The van der Waals surface area contributed by atoms with E-state index in [0.29, 0.717) is 11.1 Å². The molecule has 178 valence electrons. The van der Waals surface area contributed by atoms with E-state index in [4.69, 9.17) is 9.47 Å². The van der Waals surface area contributed by atoms with Crippen molar-refractivity contribution in [3.63, 3.8) is 0 Å². The van der Waals surface area contributed by atoms with Crippen molar-refractivity contribution in [2.75, 3.05) is 0 Å². The monoisotopic (exact) mass is 485 g/mol. The van der Waals surface area contributed by atoms with Gasteiger partial charge in [0.05, 0.1) is 4.92 Å². The van der Waals surface area contributed by atoms with Crippen LogP contribution >= 0.6 is 12.6 Å². The molecule has 2 bridgehead atoms. The fourth-order valence-corrected chi connectivity index (χ4v) is 3.76. The maximum Gasteiger partial charge on any atom is 0.333 e. The van der Waals surface area contributed by atoms with Crippen LogP contribution in [0.5, 0.6) is 11.5 Å². The van der Waals surface area contributed by atoms with Gasteiger partial charge in [-0.25, -0.2) is 4.79 Å². The van der Waals surface area contributed by atoms with Crippen LogP contribution < -0.4 is 10.1 Å². The van der Waals surface area contributed by atoms with E-state index in [2.05, 4.69) is 24.5 Å². The van der Waals surface area contributed by atoms with E-state index >= 15 is 0 Å². The fraction of sp³-hybridized carbons (Fsp3) is 0.261. The molecule has 0 radical (unpaired) electrons. The molecule has 10 nitrogen and oxygen atoms in total. The lowest BCUT2D eigenvalue weighted by Gasteiger charge is -2.47. The van der Waals surface area contributed by atoms with Crippen LogP contribution in [0.15, 0.2) is 60.7 Å². The highest BCUT2D eigenvalue weighted by atomic mass is 32.1. The number of esters is 1. The number of hydrogen-bond donors (Lipinski definition) is 2.